The van der Waals surface area contributed by atoms with Crippen LogP contribution in [-0.4, -0.2) is 12.7 Å². The number of benzene rings is 2. The number of hydrogen-bond donors (Lipinski definition) is 1. The van der Waals surface area contributed by atoms with E-state index in [9.17, 15) is 0 Å². The van der Waals surface area contributed by atoms with E-state index in [0.29, 0.717) is 0 Å². The monoisotopic (exact) mass is 317 g/mol. The zero-order valence-corrected chi connectivity index (χ0v) is 13.7. The van der Waals surface area contributed by atoms with Gasteiger partial charge >= 0.3 is 0 Å². The van der Waals surface area contributed by atoms with E-state index in [1.165, 1.54) is 0 Å². The quantitative estimate of drug-likeness (QED) is 0.898. The second-order valence-electron chi connectivity index (χ2n) is 6.16. The molecular formula is C18H20ClNO2. The summed E-state index contributed by atoms with van der Waals surface area (Å²) in [4.78, 5) is 0. The van der Waals surface area contributed by atoms with Gasteiger partial charge in [0.1, 0.15) is 17.1 Å². The molecule has 3 nitrogen and oxygen atoms in total. The summed E-state index contributed by atoms with van der Waals surface area (Å²) in [6.07, 6.45) is 0. The Hall–Kier alpha value is -1.71. The Balaban J connectivity index is 2.06. The van der Waals surface area contributed by atoms with Gasteiger partial charge in [-0.1, -0.05) is 29.8 Å². The van der Waals surface area contributed by atoms with E-state index in [4.69, 9.17) is 26.8 Å². The van der Waals surface area contributed by atoms with Crippen LogP contribution in [0.5, 0.6) is 11.5 Å². The van der Waals surface area contributed by atoms with Crippen LogP contribution in [-0.2, 0) is 0 Å². The average molecular weight is 318 g/mol. The van der Waals surface area contributed by atoms with Gasteiger partial charge in [0.25, 0.3) is 0 Å². The van der Waals surface area contributed by atoms with Crippen LogP contribution in [0, 0.1) is 0 Å². The molecule has 2 unspecified atom stereocenters. The maximum atomic E-state index is 6.57. The van der Waals surface area contributed by atoms with Crippen LogP contribution < -0.4 is 15.2 Å². The van der Waals surface area contributed by atoms with Gasteiger partial charge in [-0.2, -0.15) is 0 Å². The largest absolute Gasteiger partial charge is 0.497 e. The standard InChI is InChI=1S/C18H20ClNO2/c1-18(2)16(11-4-6-12(19)7-5-11)17(20)14-9-8-13(21-3)10-15(14)22-18/h4-10,16-17H,20H2,1-3H3. The van der Waals surface area contributed by atoms with Gasteiger partial charge in [0.15, 0.2) is 0 Å². The molecule has 22 heavy (non-hydrogen) atoms. The predicted octanol–water partition coefficient (Wildman–Crippen LogP) is 4.30. The van der Waals surface area contributed by atoms with Crippen molar-refractivity contribution in [2.45, 2.75) is 31.4 Å². The van der Waals surface area contributed by atoms with Crippen LogP contribution in [0.15, 0.2) is 42.5 Å². The first-order valence-corrected chi connectivity index (χ1v) is 7.68. The fourth-order valence-corrected chi connectivity index (χ4v) is 3.37. The number of rotatable bonds is 2. The summed E-state index contributed by atoms with van der Waals surface area (Å²) >= 11 is 6.00. The van der Waals surface area contributed by atoms with Gasteiger partial charge in [0.05, 0.1) is 7.11 Å². The van der Waals surface area contributed by atoms with Crippen LogP contribution in [0.3, 0.4) is 0 Å². The molecule has 2 aromatic carbocycles. The molecule has 2 aromatic rings. The molecule has 1 heterocycles. The van der Waals surface area contributed by atoms with Crippen molar-refractivity contribution in [1.29, 1.82) is 0 Å². The fourth-order valence-electron chi connectivity index (χ4n) is 3.24. The maximum absolute atomic E-state index is 6.57. The number of nitrogens with two attached hydrogens (primary N) is 1. The van der Waals surface area contributed by atoms with E-state index < -0.39 is 5.60 Å². The molecule has 1 aliphatic heterocycles. The summed E-state index contributed by atoms with van der Waals surface area (Å²) in [5.74, 6) is 1.61. The molecular weight excluding hydrogens is 298 g/mol. The molecule has 2 atom stereocenters. The minimum Gasteiger partial charge on any atom is -0.497 e. The van der Waals surface area contributed by atoms with E-state index in [1.807, 2.05) is 42.5 Å². The summed E-state index contributed by atoms with van der Waals surface area (Å²) in [5.41, 5.74) is 8.28. The summed E-state index contributed by atoms with van der Waals surface area (Å²) < 4.78 is 11.5. The van der Waals surface area contributed by atoms with E-state index in [0.717, 1.165) is 27.6 Å². The molecule has 4 heteroatoms. The second kappa shape index (κ2) is 5.49. The van der Waals surface area contributed by atoms with Crippen LogP contribution >= 0.6 is 11.6 Å². The smallest absolute Gasteiger partial charge is 0.128 e. The number of halogens is 1. The zero-order chi connectivity index (χ0) is 15.9. The van der Waals surface area contributed by atoms with Crippen LogP contribution in [0.2, 0.25) is 5.02 Å². The molecule has 0 bridgehead atoms. The van der Waals surface area contributed by atoms with Gasteiger partial charge in [-0.15, -0.1) is 0 Å². The van der Waals surface area contributed by atoms with E-state index in [1.54, 1.807) is 7.11 Å². The van der Waals surface area contributed by atoms with Gasteiger partial charge in [-0.3, -0.25) is 0 Å². The van der Waals surface area contributed by atoms with Gasteiger partial charge in [0, 0.05) is 28.6 Å². The number of ether oxygens (including phenoxy) is 2. The van der Waals surface area contributed by atoms with E-state index in [2.05, 4.69) is 13.8 Å². The zero-order valence-electron chi connectivity index (χ0n) is 13.0. The first-order valence-electron chi connectivity index (χ1n) is 7.30. The predicted molar refractivity (Wildman–Crippen MR) is 88.8 cm³/mol. The lowest BCUT2D eigenvalue weighted by atomic mass is 9.75. The summed E-state index contributed by atoms with van der Waals surface area (Å²) in [6.45, 7) is 4.13. The molecule has 0 amide bonds. The fraction of sp³-hybridized carbons (Fsp3) is 0.333. The van der Waals surface area contributed by atoms with E-state index in [-0.39, 0.29) is 12.0 Å². The Morgan fingerprint density at radius 3 is 2.45 bits per heavy atom. The van der Waals surface area contributed by atoms with Crippen LogP contribution in [0.1, 0.15) is 36.9 Å². The molecule has 0 aromatic heterocycles. The third-order valence-corrected chi connectivity index (χ3v) is 4.54. The lowest BCUT2D eigenvalue weighted by molar-refractivity contribution is 0.0476. The highest BCUT2D eigenvalue weighted by Gasteiger charge is 2.43. The van der Waals surface area contributed by atoms with Crippen molar-refractivity contribution in [2.24, 2.45) is 5.73 Å². The minimum absolute atomic E-state index is 0.0469. The molecule has 116 valence electrons. The highest BCUT2D eigenvalue weighted by molar-refractivity contribution is 6.30. The van der Waals surface area contributed by atoms with Gasteiger partial charge < -0.3 is 15.2 Å². The van der Waals surface area contributed by atoms with Crippen molar-refractivity contribution in [3.05, 3.63) is 58.6 Å². The lowest BCUT2D eigenvalue weighted by Crippen LogP contribution is -2.45. The summed E-state index contributed by atoms with van der Waals surface area (Å²) in [6, 6.07) is 13.5. The number of fused-ring (bicyclic) bond motifs is 1. The highest BCUT2D eigenvalue weighted by atomic mass is 35.5. The molecule has 0 saturated heterocycles. The van der Waals surface area contributed by atoms with Gasteiger partial charge in [0.2, 0.25) is 0 Å². The molecule has 1 aliphatic rings. The highest BCUT2D eigenvalue weighted by Crippen LogP contribution is 2.48. The van der Waals surface area contributed by atoms with Crippen molar-refractivity contribution in [2.75, 3.05) is 7.11 Å². The molecule has 0 aliphatic carbocycles. The van der Waals surface area contributed by atoms with Gasteiger partial charge in [-0.25, -0.2) is 0 Å². The minimum atomic E-state index is -0.424. The second-order valence-corrected chi connectivity index (χ2v) is 6.60. The average Bonchev–Trinajstić information content (AvgIpc) is 2.47. The van der Waals surface area contributed by atoms with Crippen molar-refractivity contribution < 1.29 is 9.47 Å². The molecule has 0 spiro atoms. The first-order chi connectivity index (χ1) is 10.4. The van der Waals surface area contributed by atoms with Crippen molar-refractivity contribution in [1.82, 2.24) is 0 Å². The van der Waals surface area contributed by atoms with Crippen molar-refractivity contribution in [3.63, 3.8) is 0 Å². The maximum Gasteiger partial charge on any atom is 0.128 e. The van der Waals surface area contributed by atoms with E-state index >= 15 is 0 Å². The first kappa shape index (κ1) is 15.2. The van der Waals surface area contributed by atoms with Gasteiger partial charge in [-0.05, 0) is 37.6 Å². The van der Waals surface area contributed by atoms with Crippen molar-refractivity contribution >= 4 is 11.6 Å². The third kappa shape index (κ3) is 2.55. The number of hydrogen-bond acceptors (Lipinski definition) is 3. The SMILES string of the molecule is COc1ccc2c(c1)OC(C)(C)C(c1ccc(Cl)cc1)C2N. The molecule has 3 rings (SSSR count). The Bertz CT molecular complexity index is 682. The Kier molecular flexibility index (Phi) is 3.79. The lowest BCUT2D eigenvalue weighted by Gasteiger charge is -2.44. The third-order valence-electron chi connectivity index (χ3n) is 4.29. The summed E-state index contributed by atoms with van der Waals surface area (Å²) in [7, 11) is 1.64. The number of methoxy groups -OCH3 is 1. The molecule has 0 radical (unpaired) electrons. The summed E-state index contributed by atoms with van der Waals surface area (Å²) in [5, 5.41) is 0.719. The van der Waals surface area contributed by atoms with Crippen molar-refractivity contribution in [3.8, 4) is 11.5 Å². The Labute approximate surface area is 136 Å². The molecule has 0 saturated carbocycles. The Morgan fingerprint density at radius 2 is 1.82 bits per heavy atom. The normalized spacial score (nSPS) is 22.6. The molecule has 2 N–H and O–H groups in total. The van der Waals surface area contributed by atoms with Crippen LogP contribution in [0.25, 0.3) is 0 Å². The van der Waals surface area contributed by atoms with Crippen LogP contribution in [0.4, 0.5) is 0 Å². The topological polar surface area (TPSA) is 44.5 Å². The molecule has 0 fully saturated rings. The Morgan fingerprint density at radius 1 is 1.14 bits per heavy atom.